The average molecular weight is 283 g/mol. The molecule has 0 aromatic heterocycles. The van der Waals surface area contributed by atoms with Crippen LogP contribution in [0.5, 0.6) is 0 Å². The monoisotopic (exact) mass is 282 g/mol. The van der Waals surface area contributed by atoms with Crippen molar-refractivity contribution >= 4 is 27.5 Å². The standard InChI is InChI=1S/C10H19ClN2O3S/c1-10(2,8-11)9(14)12-4-6-13(7-5-12)17(3,15)16/h4-8H2,1-3H3. The van der Waals surface area contributed by atoms with E-state index in [1.807, 2.05) is 0 Å². The van der Waals surface area contributed by atoms with E-state index in [0.29, 0.717) is 26.2 Å². The summed E-state index contributed by atoms with van der Waals surface area (Å²) in [6.45, 7) is 5.20. The van der Waals surface area contributed by atoms with Crippen LogP contribution >= 0.6 is 11.6 Å². The van der Waals surface area contributed by atoms with Gasteiger partial charge in [0.25, 0.3) is 0 Å². The molecule has 1 rings (SSSR count). The molecular formula is C10H19ClN2O3S. The first-order chi connectivity index (χ1) is 7.68. The van der Waals surface area contributed by atoms with Gasteiger partial charge < -0.3 is 4.90 Å². The number of nitrogens with zero attached hydrogens (tertiary/aromatic N) is 2. The zero-order valence-corrected chi connectivity index (χ0v) is 12.0. The van der Waals surface area contributed by atoms with E-state index in [2.05, 4.69) is 0 Å². The Bertz CT molecular complexity index is 386. The SMILES string of the molecule is CC(C)(CCl)C(=O)N1CCN(S(C)(=O)=O)CC1. The van der Waals surface area contributed by atoms with Crippen LogP contribution < -0.4 is 0 Å². The average Bonchev–Trinajstić information content (AvgIpc) is 2.27. The number of amides is 1. The number of carbonyl (C=O) groups excluding carboxylic acids is 1. The number of hydrogen-bond donors (Lipinski definition) is 0. The van der Waals surface area contributed by atoms with E-state index in [1.54, 1.807) is 18.7 Å². The van der Waals surface area contributed by atoms with Crippen LogP contribution in [0.2, 0.25) is 0 Å². The first kappa shape index (κ1) is 14.7. The maximum Gasteiger partial charge on any atom is 0.229 e. The molecule has 0 atom stereocenters. The summed E-state index contributed by atoms with van der Waals surface area (Å²) >= 11 is 5.75. The fourth-order valence-electron chi connectivity index (χ4n) is 1.71. The highest BCUT2D eigenvalue weighted by Gasteiger charge is 2.34. The normalized spacial score (nSPS) is 19.4. The van der Waals surface area contributed by atoms with Crippen LogP contribution in [0.3, 0.4) is 0 Å². The Balaban J connectivity index is 2.62. The molecule has 0 N–H and O–H groups in total. The summed E-state index contributed by atoms with van der Waals surface area (Å²) in [5.41, 5.74) is -0.588. The van der Waals surface area contributed by atoms with Gasteiger partial charge in [0.1, 0.15) is 0 Å². The van der Waals surface area contributed by atoms with Gasteiger partial charge in [-0.1, -0.05) is 0 Å². The molecular weight excluding hydrogens is 264 g/mol. The number of sulfonamides is 1. The molecule has 0 aromatic carbocycles. The second kappa shape index (κ2) is 5.12. The van der Waals surface area contributed by atoms with Gasteiger partial charge in [0, 0.05) is 32.1 Å². The molecule has 5 nitrogen and oxygen atoms in total. The molecule has 0 unspecified atom stereocenters. The minimum atomic E-state index is -3.15. The summed E-state index contributed by atoms with van der Waals surface area (Å²) < 4.78 is 24.0. The zero-order chi connectivity index (χ0) is 13.3. The lowest BCUT2D eigenvalue weighted by Crippen LogP contribution is -2.53. The van der Waals surface area contributed by atoms with Crippen LogP contribution in [-0.4, -0.2) is 61.8 Å². The van der Waals surface area contributed by atoms with E-state index < -0.39 is 15.4 Å². The number of carbonyl (C=O) groups is 1. The molecule has 7 heteroatoms. The highest BCUT2D eigenvalue weighted by molar-refractivity contribution is 7.88. The summed E-state index contributed by atoms with van der Waals surface area (Å²) in [6.07, 6.45) is 1.19. The van der Waals surface area contributed by atoms with E-state index in [9.17, 15) is 13.2 Å². The maximum absolute atomic E-state index is 12.1. The lowest BCUT2D eigenvalue weighted by atomic mass is 9.94. The molecule has 100 valence electrons. The molecule has 0 aliphatic carbocycles. The predicted molar refractivity (Wildman–Crippen MR) is 67.5 cm³/mol. The van der Waals surface area contributed by atoms with Gasteiger partial charge in [-0.3, -0.25) is 4.79 Å². The van der Waals surface area contributed by atoms with Gasteiger partial charge in [-0.05, 0) is 13.8 Å². The summed E-state index contributed by atoms with van der Waals surface area (Å²) in [6, 6.07) is 0. The lowest BCUT2D eigenvalue weighted by Gasteiger charge is -2.37. The van der Waals surface area contributed by atoms with Crippen molar-refractivity contribution in [1.82, 2.24) is 9.21 Å². The van der Waals surface area contributed by atoms with Gasteiger partial charge in [-0.2, -0.15) is 4.31 Å². The zero-order valence-electron chi connectivity index (χ0n) is 10.4. The summed E-state index contributed by atoms with van der Waals surface area (Å²) in [7, 11) is -3.15. The van der Waals surface area contributed by atoms with E-state index >= 15 is 0 Å². The molecule has 1 fully saturated rings. The molecule has 1 aliphatic heterocycles. The van der Waals surface area contributed by atoms with Gasteiger partial charge in [-0.25, -0.2) is 8.42 Å². The Morgan fingerprint density at radius 2 is 1.71 bits per heavy atom. The molecule has 1 aliphatic rings. The van der Waals surface area contributed by atoms with Gasteiger partial charge >= 0.3 is 0 Å². The molecule has 0 aromatic rings. The number of alkyl halides is 1. The minimum Gasteiger partial charge on any atom is -0.340 e. The summed E-state index contributed by atoms with van der Waals surface area (Å²) in [4.78, 5) is 13.8. The molecule has 0 bridgehead atoms. The van der Waals surface area contributed by atoms with E-state index in [-0.39, 0.29) is 11.8 Å². The Morgan fingerprint density at radius 1 is 1.24 bits per heavy atom. The van der Waals surface area contributed by atoms with Crippen LogP contribution in [0.25, 0.3) is 0 Å². The third-order valence-corrected chi connectivity index (χ3v) is 4.88. The van der Waals surface area contributed by atoms with Crippen molar-refractivity contribution < 1.29 is 13.2 Å². The van der Waals surface area contributed by atoms with Crippen LogP contribution in [0.15, 0.2) is 0 Å². The van der Waals surface area contributed by atoms with Crippen molar-refractivity contribution in [2.45, 2.75) is 13.8 Å². The maximum atomic E-state index is 12.1. The minimum absolute atomic E-state index is 0.0133. The first-order valence-corrected chi connectivity index (χ1v) is 7.87. The second-order valence-electron chi connectivity index (χ2n) is 4.97. The number of piperazine rings is 1. The van der Waals surface area contributed by atoms with Crippen molar-refractivity contribution in [1.29, 1.82) is 0 Å². The van der Waals surface area contributed by atoms with Crippen molar-refractivity contribution in [2.75, 3.05) is 38.3 Å². The molecule has 17 heavy (non-hydrogen) atoms. The van der Waals surface area contributed by atoms with Gasteiger partial charge in [0.2, 0.25) is 15.9 Å². The Kier molecular flexibility index (Phi) is 4.43. The topological polar surface area (TPSA) is 57.7 Å². The van der Waals surface area contributed by atoms with Crippen LogP contribution in [0.4, 0.5) is 0 Å². The van der Waals surface area contributed by atoms with E-state index in [0.717, 1.165) is 0 Å². The number of halogens is 1. The lowest BCUT2D eigenvalue weighted by molar-refractivity contribution is -0.140. The van der Waals surface area contributed by atoms with Crippen molar-refractivity contribution in [3.05, 3.63) is 0 Å². The molecule has 0 saturated carbocycles. The first-order valence-electron chi connectivity index (χ1n) is 5.49. The van der Waals surface area contributed by atoms with Gasteiger partial charge in [0.15, 0.2) is 0 Å². The highest BCUT2D eigenvalue weighted by atomic mass is 35.5. The van der Waals surface area contributed by atoms with Gasteiger partial charge in [0.05, 0.1) is 11.7 Å². The second-order valence-corrected chi connectivity index (χ2v) is 7.22. The highest BCUT2D eigenvalue weighted by Crippen LogP contribution is 2.21. The number of rotatable bonds is 3. The summed E-state index contributed by atoms with van der Waals surface area (Å²) in [5, 5.41) is 0. The molecule has 1 heterocycles. The predicted octanol–water partition coefficient (Wildman–Crippen LogP) is 0.355. The van der Waals surface area contributed by atoms with Crippen molar-refractivity contribution in [3.63, 3.8) is 0 Å². The number of hydrogen-bond acceptors (Lipinski definition) is 3. The smallest absolute Gasteiger partial charge is 0.229 e. The fraction of sp³-hybridized carbons (Fsp3) is 0.900. The Morgan fingerprint density at radius 3 is 2.06 bits per heavy atom. The molecule has 0 spiro atoms. The van der Waals surface area contributed by atoms with Gasteiger partial charge in [-0.15, -0.1) is 11.6 Å². The summed E-state index contributed by atoms with van der Waals surface area (Å²) in [5.74, 6) is 0.249. The van der Waals surface area contributed by atoms with Crippen LogP contribution in [-0.2, 0) is 14.8 Å². The van der Waals surface area contributed by atoms with Crippen LogP contribution in [0.1, 0.15) is 13.8 Å². The third kappa shape index (κ3) is 3.56. The van der Waals surface area contributed by atoms with Crippen molar-refractivity contribution in [3.8, 4) is 0 Å². The third-order valence-electron chi connectivity index (χ3n) is 2.91. The molecule has 0 radical (unpaired) electrons. The molecule has 1 amide bonds. The van der Waals surface area contributed by atoms with Crippen LogP contribution in [0, 0.1) is 5.41 Å². The van der Waals surface area contributed by atoms with E-state index in [1.165, 1.54) is 10.6 Å². The van der Waals surface area contributed by atoms with E-state index in [4.69, 9.17) is 11.6 Å². The quantitative estimate of drug-likeness (QED) is 0.702. The Labute approximate surface area is 108 Å². The largest absolute Gasteiger partial charge is 0.340 e. The molecule has 1 saturated heterocycles. The Hall–Kier alpha value is -0.330. The fourth-order valence-corrected chi connectivity index (χ4v) is 2.65. The van der Waals surface area contributed by atoms with Crippen molar-refractivity contribution in [2.24, 2.45) is 5.41 Å².